The lowest BCUT2D eigenvalue weighted by atomic mass is 9.98. The van der Waals surface area contributed by atoms with E-state index in [4.69, 9.17) is 16.9 Å². The monoisotopic (exact) mass is 195 g/mol. The van der Waals surface area contributed by atoms with Crippen LogP contribution < -0.4 is 0 Å². The molecule has 0 unspecified atom stereocenters. The predicted molar refractivity (Wildman–Crippen MR) is 52.0 cm³/mol. The Hall–Kier alpha value is -1.20. The van der Waals surface area contributed by atoms with Gasteiger partial charge in [0.2, 0.25) is 0 Å². The van der Waals surface area contributed by atoms with Gasteiger partial charge in [0.05, 0.1) is 16.7 Å². The Morgan fingerprint density at radius 2 is 1.69 bits per heavy atom. The zero-order valence-corrected chi connectivity index (χ0v) is 8.53. The number of nitriles is 1. The summed E-state index contributed by atoms with van der Waals surface area (Å²) in [5.74, 6) is 0.0793. The van der Waals surface area contributed by atoms with Gasteiger partial charge in [-0.25, -0.2) is 0 Å². The minimum Gasteiger partial charge on any atom is -0.506 e. The number of nitrogens with zero attached hydrogens (tertiary/aromatic N) is 1. The van der Waals surface area contributed by atoms with Crippen molar-refractivity contribution >= 4 is 11.6 Å². The minimum atomic E-state index is 0.0793. The molecule has 0 aromatic heterocycles. The molecule has 0 atom stereocenters. The van der Waals surface area contributed by atoms with E-state index in [9.17, 15) is 5.11 Å². The Morgan fingerprint density at radius 1 is 1.15 bits per heavy atom. The largest absolute Gasteiger partial charge is 0.506 e. The van der Waals surface area contributed by atoms with Gasteiger partial charge >= 0.3 is 0 Å². The van der Waals surface area contributed by atoms with Gasteiger partial charge in [0.25, 0.3) is 0 Å². The van der Waals surface area contributed by atoms with Crippen molar-refractivity contribution in [3.05, 3.63) is 27.3 Å². The van der Waals surface area contributed by atoms with Crippen molar-refractivity contribution < 1.29 is 5.11 Å². The number of hydrogen-bond donors (Lipinski definition) is 1. The molecule has 0 radical (unpaired) electrons. The molecule has 0 aliphatic heterocycles. The quantitative estimate of drug-likeness (QED) is 0.692. The van der Waals surface area contributed by atoms with E-state index in [-0.39, 0.29) is 10.8 Å². The second kappa shape index (κ2) is 3.27. The second-order valence-corrected chi connectivity index (χ2v) is 3.40. The van der Waals surface area contributed by atoms with E-state index in [1.807, 2.05) is 0 Å². The van der Waals surface area contributed by atoms with E-state index in [2.05, 4.69) is 6.07 Å². The Kier molecular flexibility index (Phi) is 2.49. The highest BCUT2D eigenvalue weighted by molar-refractivity contribution is 6.33. The third-order valence-corrected chi connectivity index (χ3v) is 2.78. The van der Waals surface area contributed by atoms with Crippen LogP contribution in [-0.2, 0) is 0 Å². The first-order valence-electron chi connectivity index (χ1n) is 3.89. The molecule has 0 fully saturated rings. The minimum absolute atomic E-state index is 0.0793. The molecule has 0 saturated heterocycles. The van der Waals surface area contributed by atoms with Gasteiger partial charge in [0.1, 0.15) is 5.75 Å². The van der Waals surface area contributed by atoms with Crippen LogP contribution in [0.3, 0.4) is 0 Å². The van der Waals surface area contributed by atoms with Gasteiger partial charge < -0.3 is 5.11 Å². The number of hydrogen-bond acceptors (Lipinski definition) is 2. The molecule has 13 heavy (non-hydrogen) atoms. The van der Waals surface area contributed by atoms with Crippen molar-refractivity contribution in [3.63, 3.8) is 0 Å². The molecule has 0 aliphatic carbocycles. The normalized spacial score (nSPS) is 9.77. The average molecular weight is 196 g/mol. The number of aromatic hydroxyl groups is 1. The molecule has 1 rings (SSSR count). The van der Waals surface area contributed by atoms with Gasteiger partial charge in [-0.15, -0.1) is 0 Å². The van der Waals surface area contributed by atoms with E-state index < -0.39 is 0 Å². The summed E-state index contributed by atoms with van der Waals surface area (Å²) in [4.78, 5) is 0. The predicted octanol–water partition coefficient (Wildman–Crippen LogP) is 2.84. The average Bonchev–Trinajstić information content (AvgIpc) is 2.13. The second-order valence-electron chi connectivity index (χ2n) is 3.02. The third-order valence-electron chi connectivity index (χ3n) is 2.32. The number of phenols is 1. The van der Waals surface area contributed by atoms with E-state index in [1.165, 1.54) is 0 Å². The SMILES string of the molecule is Cc1c(C)c(C#N)c(C)c(Cl)c1O. The smallest absolute Gasteiger partial charge is 0.137 e. The zero-order chi connectivity index (χ0) is 10.2. The number of halogens is 1. The first-order chi connectivity index (χ1) is 6.00. The summed E-state index contributed by atoms with van der Waals surface area (Å²) in [6.45, 7) is 5.28. The molecule has 1 aromatic carbocycles. The Bertz CT molecular complexity index is 375. The summed E-state index contributed by atoms with van der Waals surface area (Å²) >= 11 is 5.84. The molecule has 3 heteroatoms. The zero-order valence-electron chi connectivity index (χ0n) is 7.77. The van der Waals surface area contributed by atoms with E-state index in [0.29, 0.717) is 16.7 Å². The van der Waals surface area contributed by atoms with Gasteiger partial charge in [0, 0.05) is 0 Å². The van der Waals surface area contributed by atoms with Crippen molar-refractivity contribution in [2.24, 2.45) is 0 Å². The van der Waals surface area contributed by atoms with E-state index in [0.717, 1.165) is 5.56 Å². The topological polar surface area (TPSA) is 44.0 Å². The maximum atomic E-state index is 9.55. The summed E-state index contributed by atoms with van der Waals surface area (Å²) in [7, 11) is 0. The fraction of sp³-hybridized carbons (Fsp3) is 0.300. The van der Waals surface area contributed by atoms with Gasteiger partial charge in [0.15, 0.2) is 0 Å². The molecular formula is C10H10ClNO. The molecular weight excluding hydrogens is 186 g/mol. The Balaban J connectivity index is 3.69. The summed E-state index contributed by atoms with van der Waals surface area (Å²) in [6, 6.07) is 2.08. The van der Waals surface area contributed by atoms with Gasteiger partial charge in [-0.1, -0.05) is 11.6 Å². The lowest BCUT2D eigenvalue weighted by Crippen LogP contribution is -1.93. The van der Waals surface area contributed by atoms with Crippen LogP contribution in [0.1, 0.15) is 22.3 Å². The number of benzene rings is 1. The van der Waals surface area contributed by atoms with Crippen LogP contribution in [0, 0.1) is 32.1 Å². The van der Waals surface area contributed by atoms with Gasteiger partial charge in [-0.3, -0.25) is 0 Å². The van der Waals surface area contributed by atoms with Crippen LogP contribution in [0.5, 0.6) is 5.75 Å². The highest BCUT2D eigenvalue weighted by Crippen LogP contribution is 2.35. The van der Waals surface area contributed by atoms with Crippen LogP contribution in [0.25, 0.3) is 0 Å². The van der Waals surface area contributed by atoms with E-state index in [1.54, 1.807) is 20.8 Å². The Morgan fingerprint density at radius 3 is 2.15 bits per heavy atom. The number of rotatable bonds is 0. The van der Waals surface area contributed by atoms with Crippen LogP contribution in [0.15, 0.2) is 0 Å². The summed E-state index contributed by atoms with van der Waals surface area (Å²) in [5, 5.41) is 18.7. The fourth-order valence-corrected chi connectivity index (χ4v) is 1.50. The summed E-state index contributed by atoms with van der Waals surface area (Å²) in [5.41, 5.74) is 2.67. The van der Waals surface area contributed by atoms with Crippen molar-refractivity contribution in [2.45, 2.75) is 20.8 Å². The van der Waals surface area contributed by atoms with E-state index >= 15 is 0 Å². The highest BCUT2D eigenvalue weighted by Gasteiger charge is 2.14. The maximum absolute atomic E-state index is 9.55. The van der Waals surface area contributed by atoms with Crippen molar-refractivity contribution in [1.29, 1.82) is 5.26 Å². The lowest BCUT2D eigenvalue weighted by Gasteiger charge is -2.10. The Labute approximate surface area is 82.4 Å². The lowest BCUT2D eigenvalue weighted by molar-refractivity contribution is 0.470. The molecule has 0 heterocycles. The first-order valence-corrected chi connectivity index (χ1v) is 4.26. The molecule has 0 saturated carbocycles. The molecule has 0 bridgehead atoms. The maximum Gasteiger partial charge on any atom is 0.137 e. The van der Waals surface area contributed by atoms with Crippen LogP contribution in [-0.4, -0.2) is 5.11 Å². The first kappa shape index (κ1) is 9.88. The molecule has 68 valence electrons. The number of phenolic OH excluding ortho intramolecular Hbond substituents is 1. The van der Waals surface area contributed by atoms with Crippen molar-refractivity contribution in [3.8, 4) is 11.8 Å². The molecule has 0 aliphatic rings. The van der Waals surface area contributed by atoms with Gasteiger partial charge in [-0.2, -0.15) is 5.26 Å². The van der Waals surface area contributed by atoms with Crippen molar-refractivity contribution in [2.75, 3.05) is 0 Å². The summed E-state index contributed by atoms with van der Waals surface area (Å²) < 4.78 is 0. The third kappa shape index (κ3) is 1.36. The molecule has 0 amide bonds. The molecule has 2 nitrogen and oxygen atoms in total. The van der Waals surface area contributed by atoms with Gasteiger partial charge in [-0.05, 0) is 37.5 Å². The fourth-order valence-electron chi connectivity index (χ4n) is 1.27. The summed E-state index contributed by atoms with van der Waals surface area (Å²) in [6.07, 6.45) is 0. The standard InChI is InChI=1S/C10H10ClNO/c1-5-6(2)10(13)9(11)7(3)8(5)4-12/h13H,1-3H3. The van der Waals surface area contributed by atoms with Crippen molar-refractivity contribution in [1.82, 2.24) is 0 Å². The van der Waals surface area contributed by atoms with Crippen LogP contribution in [0.4, 0.5) is 0 Å². The molecule has 1 N–H and O–H groups in total. The molecule has 1 aromatic rings. The van der Waals surface area contributed by atoms with Crippen LogP contribution in [0.2, 0.25) is 5.02 Å². The highest BCUT2D eigenvalue weighted by atomic mass is 35.5. The van der Waals surface area contributed by atoms with Crippen LogP contribution >= 0.6 is 11.6 Å². The molecule has 0 spiro atoms.